The summed E-state index contributed by atoms with van der Waals surface area (Å²) in [6.07, 6.45) is -5.69. The van der Waals surface area contributed by atoms with Crippen LogP contribution in [0.4, 0.5) is 18.0 Å². The van der Waals surface area contributed by atoms with Crippen LogP contribution in [-0.4, -0.2) is 58.7 Å². The van der Waals surface area contributed by atoms with E-state index in [9.17, 15) is 28.2 Å². The van der Waals surface area contributed by atoms with E-state index in [0.29, 0.717) is 13.0 Å². The lowest BCUT2D eigenvalue weighted by molar-refractivity contribution is -0.271. The summed E-state index contributed by atoms with van der Waals surface area (Å²) in [7, 11) is 0. The summed E-state index contributed by atoms with van der Waals surface area (Å²) in [5, 5.41) is 21.6. The van der Waals surface area contributed by atoms with Crippen LogP contribution in [0.25, 0.3) is 0 Å². The maximum atomic E-state index is 12.7. The van der Waals surface area contributed by atoms with Gasteiger partial charge in [0.1, 0.15) is 0 Å². The fraction of sp³-hybridized carbons (Fsp3) is 0.929. The van der Waals surface area contributed by atoms with Gasteiger partial charge in [0.05, 0.1) is 6.10 Å². The molecule has 1 atom stereocenters. The van der Waals surface area contributed by atoms with Crippen LogP contribution < -0.4 is 5.32 Å². The molecule has 0 saturated carbocycles. The Morgan fingerprint density at radius 3 is 2.23 bits per heavy atom. The molecule has 5 nitrogen and oxygen atoms in total. The van der Waals surface area contributed by atoms with Crippen molar-refractivity contribution in [3.8, 4) is 0 Å². The van der Waals surface area contributed by atoms with E-state index < -0.39 is 36.8 Å². The van der Waals surface area contributed by atoms with E-state index in [-0.39, 0.29) is 18.5 Å². The summed E-state index contributed by atoms with van der Waals surface area (Å²) in [5.74, 6) is 0. The van der Waals surface area contributed by atoms with E-state index >= 15 is 0 Å². The lowest BCUT2D eigenvalue weighted by Gasteiger charge is -2.39. The maximum absolute atomic E-state index is 12.7. The van der Waals surface area contributed by atoms with Gasteiger partial charge in [-0.3, -0.25) is 0 Å². The molecule has 22 heavy (non-hydrogen) atoms. The van der Waals surface area contributed by atoms with Crippen molar-refractivity contribution in [2.45, 2.75) is 57.9 Å². The van der Waals surface area contributed by atoms with Crippen LogP contribution in [0.15, 0.2) is 0 Å². The average Bonchev–Trinajstić information content (AvgIpc) is 2.34. The summed E-state index contributed by atoms with van der Waals surface area (Å²) in [5.41, 5.74) is -3.01. The van der Waals surface area contributed by atoms with E-state index in [1.165, 1.54) is 4.90 Å². The van der Waals surface area contributed by atoms with Crippen LogP contribution in [0.1, 0.15) is 40.0 Å². The number of hydrogen-bond donors (Lipinski definition) is 3. The standard InChI is InChI=1S/C14H25F3N2O3/c1-10(20)8-12(2,3)9-18-11(21)19-6-4-13(22,5-7-19)14(15,16)17/h10,20,22H,4-9H2,1-3H3,(H,18,21). The molecule has 0 aromatic rings. The largest absolute Gasteiger partial charge is 0.417 e. The Morgan fingerprint density at radius 2 is 1.82 bits per heavy atom. The Balaban J connectivity index is 2.47. The Labute approximate surface area is 128 Å². The minimum atomic E-state index is -4.67. The van der Waals surface area contributed by atoms with Crippen molar-refractivity contribution in [2.24, 2.45) is 5.41 Å². The number of aliphatic hydroxyl groups excluding tert-OH is 1. The number of nitrogens with one attached hydrogen (secondary N) is 1. The van der Waals surface area contributed by atoms with E-state index in [0.717, 1.165) is 0 Å². The van der Waals surface area contributed by atoms with E-state index in [2.05, 4.69) is 5.32 Å². The number of hydrogen-bond acceptors (Lipinski definition) is 3. The molecule has 1 fully saturated rings. The first-order valence-electron chi connectivity index (χ1n) is 7.36. The third kappa shape index (κ3) is 5.01. The Morgan fingerprint density at radius 1 is 1.32 bits per heavy atom. The summed E-state index contributed by atoms with van der Waals surface area (Å²) >= 11 is 0. The summed E-state index contributed by atoms with van der Waals surface area (Å²) in [6.45, 7) is 5.47. The number of carbonyl (C=O) groups excluding carboxylic acids is 1. The number of nitrogens with zero attached hydrogens (tertiary/aromatic N) is 1. The minimum Gasteiger partial charge on any atom is -0.393 e. The number of likely N-dealkylation sites (tertiary alicyclic amines) is 1. The van der Waals surface area contributed by atoms with Crippen LogP contribution in [0, 0.1) is 5.41 Å². The second-order valence-corrected chi connectivity index (χ2v) is 6.89. The number of piperidine rings is 1. The first kappa shape index (κ1) is 19.0. The van der Waals surface area contributed by atoms with Crippen molar-refractivity contribution in [1.29, 1.82) is 0 Å². The molecular formula is C14H25F3N2O3. The van der Waals surface area contributed by atoms with Gasteiger partial charge in [0.15, 0.2) is 5.60 Å². The topological polar surface area (TPSA) is 72.8 Å². The molecule has 1 aliphatic rings. The minimum absolute atomic E-state index is 0.140. The molecule has 8 heteroatoms. The van der Waals surface area contributed by atoms with Gasteiger partial charge in [-0.1, -0.05) is 13.8 Å². The zero-order chi connectivity index (χ0) is 17.2. The zero-order valence-electron chi connectivity index (χ0n) is 13.2. The number of carbonyl (C=O) groups is 1. The molecule has 0 radical (unpaired) electrons. The monoisotopic (exact) mass is 326 g/mol. The Kier molecular flexibility index (Phi) is 5.72. The lowest BCUT2D eigenvalue weighted by Crippen LogP contribution is -2.56. The van der Waals surface area contributed by atoms with Gasteiger partial charge in [0.2, 0.25) is 0 Å². The fourth-order valence-corrected chi connectivity index (χ4v) is 2.66. The third-order valence-corrected chi connectivity index (χ3v) is 3.97. The third-order valence-electron chi connectivity index (χ3n) is 3.97. The molecule has 1 aliphatic heterocycles. The van der Waals surface area contributed by atoms with Crippen LogP contribution in [-0.2, 0) is 0 Å². The maximum Gasteiger partial charge on any atom is 0.417 e. The molecule has 0 aromatic heterocycles. The van der Waals surface area contributed by atoms with Gasteiger partial charge in [0.25, 0.3) is 0 Å². The normalized spacial score (nSPS) is 20.6. The molecule has 1 rings (SSSR count). The first-order chi connectivity index (χ1) is 9.86. The number of alkyl halides is 3. The number of amides is 2. The van der Waals surface area contributed by atoms with E-state index in [1.807, 2.05) is 13.8 Å². The summed E-state index contributed by atoms with van der Waals surface area (Å²) in [4.78, 5) is 13.3. The molecular weight excluding hydrogens is 301 g/mol. The molecule has 0 spiro atoms. The highest BCUT2D eigenvalue weighted by Gasteiger charge is 2.54. The SMILES string of the molecule is CC(O)CC(C)(C)CNC(=O)N1CCC(O)(C(F)(F)F)CC1. The smallest absolute Gasteiger partial charge is 0.393 e. The van der Waals surface area contributed by atoms with Crippen molar-refractivity contribution >= 4 is 6.03 Å². The van der Waals surface area contributed by atoms with Crippen LogP contribution in [0.3, 0.4) is 0 Å². The van der Waals surface area contributed by atoms with Crippen molar-refractivity contribution in [1.82, 2.24) is 10.2 Å². The van der Waals surface area contributed by atoms with Crippen molar-refractivity contribution < 1.29 is 28.2 Å². The predicted molar refractivity (Wildman–Crippen MR) is 75.3 cm³/mol. The predicted octanol–water partition coefficient (Wildman–Crippen LogP) is 1.88. The van der Waals surface area contributed by atoms with E-state index in [4.69, 9.17) is 0 Å². The molecule has 0 aromatic carbocycles. The molecule has 0 aliphatic carbocycles. The van der Waals surface area contributed by atoms with E-state index in [1.54, 1.807) is 6.92 Å². The molecule has 130 valence electrons. The van der Waals surface area contributed by atoms with Gasteiger partial charge < -0.3 is 20.4 Å². The highest BCUT2D eigenvalue weighted by molar-refractivity contribution is 5.74. The van der Waals surface area contributed by atoms with Crippen molar-refractivity contribution in [2.75, 3.05) is 19.6 Å². The van der Waals surface area contributed by atoms with Gasteiger partial charge in [0, 0.05) is 32.5 Å². The number of aliphatic hydroxyl groups is 2. The molecule has 0 bridgehead atoms. The molecule has 1 unspecified atom stereocenters. The molecule has 2 amide bonds. The Bertz CT molecular complexity index is 389. The average molecular weight is 326 g/mol. The molecule has 3 N–H and O–H groups in total. The number of rotatable bonds is 4. The first-order valence-corrected chi connectivity index (χ1v) is 7.36. The second kappa shape index (κ2) is 6.62. The van der Waals surface area contributed by atoms with Gasteiger partial charge in [-0.25, -0.2) is 4.79 Å². The molecule has 1 heterocycles. The Hall–Kier alpha value is -1.02. The number of urea groups is 1. The van der Waals surface area contributed by atoms with Crippen molar-refractivity contribution in [3.05, 3.63) is 0 Å². The van der Waals surface area contributed by atoms with Gasteiger partial charge in [-0.05, 0) is 18.8 Å². The fourth-order valence-electron chi connectivity index (χ4n) is 2.66. The van der Waals surface area contributed by atoms with Gasteiger partial charge >= 0.3 is 12.2 Å². The van der Waals surface area contributed by atoms with Crippen LogP contribution in [0.5, 0.6) is 0 Å². The summed E-state index contributed by atoms with van der Waals surface area (Å²) < 4.78 is 38.1. The quantitative estimate of drug-likeness (QED) is 0.739. The highest BCUT2D eigenvalue weighted by Crippen LogP contribution is 2.38. The van der Waals surface area contributed by atoms with Gasteiger partial charge in [-0.2, -0.15) is 13.2 Å². The highest BCUT2D eigenvalue weighted by atomic mass is 19.4. The van der Waals surface area contributed by atoms with Crippen LogP contribution in [0.2, 0.25) is 0 Å². The second-order valence-electron chi connectivity index (χ2n) is 6.89. The van der Waals surface area contributed by atoms with Crippen molar-refractivity contribution in [3.63, 3.8) is 0 Å². The van der Waals surface area contributed by atoms with Crippen LogP contribution >= 0.6 is 0 Å². The zero-order valence-corrected chi connectivity index (χ0v) is 13.2. The van der Waals surface area contributed by atoms with Gasteiger partial charge in [-0.15, -0.1) is 0 Å². The lowest BCUT2D eigenvalue weighted by atomic mass is 9.87. The number of halogens is 3. The molecule has 1 saturated heterocycles. The summed E-state index contributed by atoms with van der Waals surface area (Å²) in [6, 6.07) is -0.442.